The molecule has 0 amide bonds. The molecular weight excluding hydrogens is 392 g/mol. The molecule has 3 aliphatic carbocycles. The number of allylic oxidation sites excluding steroid dienone is 3. The molecule has 2 spiro atoms. The van der Waals surface area contributed by atoms with E-state index < -0.39 is 19.5 Å². The van der Waals surface area contributed by atoms with Crippen LogP contribution in [0.25, 0.3) is 0 Å². The summed E-state index contributed by atoms with van der Waals surface area (Å²) in [7, 11) is -1.91. The Kier molecular flexibility index (Phi) is 5.00. The van der Waals surface area contributed by atoms with Crippen LogP contribution in [0.5, 0.6) is 0 Å². The third kappa shape index (κ3) is 3.16. The molecule has 4 rings (SSSR count). The fraction of sp³-hybridized carbons (Fsp3) is 0.680. The van der Waals surface area contributed by atoms with E-state index in [1.807, 2.05) is 12.2 Å². The highest BCUT2D eigenvalue weighted by molar-refractivity contribution is 6.74. The normalized spacial score (nSPS) is 37.7. The van der Waals surface area contributed by atoms with E-state index in [2.05, 4.69) is 46.9 Å². The lowest BCUT2D eigenvalue weighted by Crippen LogP contribution is -2.54. The van der Waals surface area contributed by atoms with Crippen LogP contribution in [0.3, 0.4) is 0 Å². The van der Waals surface area contributed by atoms with E-state index in [1.54, 1.807) is 12.2 Å². The van der Waals surface area contributed by atoms with Gasteiger partial charge in [-0.15, -0.1) is 0 Å². The maximum Gasteiger partial charge on any atom is 0.192 e. The van der Waals surface area contributed by atoms with Crippen molar-refractivity contribution in [3.05, 3.63) is 36.0 Å². The minimum atomic E-state index is -1.91. The van der Waals surface area contributed by atoms with Gasteiger partial charge in [0.15, 0.2) is 14.1 Å². The molecule has 2 fully saturated rings. The summed E-state index contributed by atoms with van der Waals surface area (Å²) in [6.07, 6.45) is 14.7. The van der Waals surface area contributed by atoms with E-state index >= 15 is 0 Å². The maximum atomic E-state index is 12.1. The lowest BCUT2D eigenvalue weighted by molar-refractivity contribution is -0.126. The fourth-order valence-electron chi connectivity index (χ4n) is 5.88. The number of carbonyl (C=O) groups is 2. The van der Waals surface area contributed by atoms with Gasteiger partial charge in [-0.1, -0.05) is 33.8 Å². The first kappa shape index (κ1) is 21.9. The van der Waals surface area contributed by atoms with Gasteiger partial charge in [-0.05, 0) is 74.5 Å². The van der Waals surface area contributed by atoms with Crippen molar-refractivity contribution in [2.45, 2.75) is 95.2 Å². The van der Waals surface area contributed by atoms with Crippen LogP contribution in [0.4, 0.5) is 0 Å². The Bertz CT molecular complexity index is 830. The molecule has 0 bridgehead atoms. The molecule has 4 atom stereocenters. The Labute approximate surface area is 181 Å². The molecule has 0 aromatic heterocycles. The number of fused-ring (bicyclic) bond motifs is 2. The van der Waals surface area contributed by atoms with Gasteiger partial charge in [-0.2, -0.15) is 0 Å². The van der Waals surface area contributed by atoms with E-state index in [0.29, 0.717) is 0 Å². The van der Waals surface area contributed by atoms with Gasteiger partial charge in [-0.3, -0.25) is 9.59 Å². The van der Waals surface area contributed by atoms with Gasteiger partial charge in [0, 0.05) is 16.9 Å². The third-order valence-electron chi connectivity index (χ3n) is 8.75. The van der Waals surface area contributed by atoms with Crippen LogP contribution in [0.1, 0.15) is 59.8 Å². The van der Waals surface area contributed by atoms with Crippen molar-refractivity contribution >= 4 is 20.4 Å². The lowest BCUT2D eigenvalue weighted by Gasteiger charge is -2.51. The van der Waals surface area contributed by atoms with Crippen LogP contribution < -0.4 is 0 Å². The highest BCUT2D eigenvalue weighted by atomic mass is 28.4. The number of hydrogen-bond acceptors (Lipinski definition) is 4. The molecule has 164 valence electrons. The SMILES string of the molecule is CC(C)(C)[Si](C)(C)O[C@H]1CC[C@@H]2[C@]1(C)CC=C(C=O)[C@]21CCC2(C=CC(=O)C=C2)O1. The quantitative estimate of drug-likeness (QED) is 0.452. The predicted octanol–water partition coefficient (Wildman–Crippen LogP) is 5.31. The molecule has 0 N–H and O–H groups in total. The monoisotopic (exact) mass is 428 g/mol. The molecule has 0 aromatic rings. The molecule has 0 aromatic carbocycles. The van der Waals surface area contributed by atoms with Crippen molar-refractivity contribution in [3.8, 4) is 0 Å². The smallest absolute Gasteiger partial charge is 0.192 e. The van der Waals surface area contributed by atoms with Crippen molar-refractivity contribution in [3.63, 3.8) is 0 Å². The number of carbonyl (C=O) groups excluding carboxylic acids is 2. The highest BCUT2D eigenvalue weighted by Gasteiger charge is 2.64. The Morgan fingerprint density at radius 2 is 1.83 bits per heavy atom. The first-order chi connectivity index (χ1) is 13.9. The van der Waals surface area contributed by atoms with Crippen molar-refractivity contribution in [2.24, 2.45) is 11.3 Å². The Morgan fingerprint density at radius 1 is 1.17 bits per heavy atom. The van der Waals surface area contributed by atoms with E-state index in [1.165, 1.54) is 0 Å². The summed E-state index contributed by atoms with van der Waals surface area (Å²) in [5.74, 6) is 0.234. The minimum Gasteiger partial charge on any atom is -0.413 e. The summed E-state index contributed by atoms with van der Waals surface area (Å²) < 4.78 is 13.8. The van der Waals surface area contributed by atoms with Gasteiger partial charge >= 0.3 is 0 Å². The largest absolute Gasteiger partial charge is 0.413 e. The van der Waals surface area contributed by atoms with Gasteiger partial charge in [0.1, 0.15) is 17.5 Å². The first-order valence-corrected chi connectivity index (χ1v) is 14.2. The zero-order valence-corrected chi connectivity index (χ0v) is 20.3. The second-order valence-electron chi connectivity index (χ2n) is 11.5. The summed E-state index contributed by atoms with van der Waals surface area (Å²) in [5, 5.41) is 0.162. The summed E-state index contributed by atoms with van der Waals surface area (Å²) in [5.41, 5.74) is -0.429. The van der Waals surface area contributed by atoms with Gasteiger partial charge < -0.3 is 9.16 Å². The zero-order chi connectivity index (χ0) is 22.0. The second-order valence-corrected chi connectivity index (χ2v) is 16.3. The molecule has 1 saturated heterocycles. The third-order valence-corrected chi connectivity index (χ3v) is 13.2. The Morgan fingerprint density at radius 3 is 2.43 bits per heavy atom. The van der Waals surface area contributed by atoms with Gasteiger partial charge in [-0.25, -0.2) is 0 Å². The molecule has 1 heterocycles. The van der Waals surface area contributed by atoms with Crippen LogP contribution in [-0.4, -0.2) is 37.7 Å². The van der Waals surface area contributed by atoms with Gasteiger partial charge in [0.2, 0.25) is 0 Å². The molecular formula is C25H36O4Si. The Balaban J connectivity index is 1.68. The minimum absolute atomic E-state index is 0.00601. The molecule has 4 aliphatic rings. The molecule has 1 saturated carbocycles. The maximum absolute atomic E-state index is 12.1. The molecule has 1 aliphatic heterocycles. The summed E-state index contributed by atoms with van der Waals surface area (Å²) in [4.78, 5) is 23.8. The van der Waals surface area contributed by atoms with Crippen LogP contribution in [0, 0.1) is 11.3 Å². The van der Waals surface area contributed by atoms with E-state index in [0.717, 1.165) is 44.0 Å². The van der Waals surface area contributed by atoms with Gasteiger partial charge in [0.25, 0.3) is 0 Å². The number of ketones is 1. The molecule has 4 nitrogen and oxygen atoms in total. The van der Waals surface area contributed by atoms with Crippen LogP contribution in [-0.2, 0) is 18.8 Å². The summed E-state index contributed by atoms with van der Waals surface area (Å²) >= 11 is 0. The average Bonchev–Trinajstić information content (AvgIpc) is 3.18. The zero-order valence-electron chi connectivity index (χ0n) is 19.3. The highest BCUT2D eigenvalue weighted by Crippen LogP contribution is 2.63. The number of hydrogen-bond donors (Lipinski definition) is 0. The fourth-order valence-corrected chi connectivity index (χ4v) is 7.33. The number of rotatable bonds is 3. The van der Waals surface area contributed by atoms with Crippen LogP contribution >= 0.6 is 0 Å². The summed E-state index contributed by atoms with van der Waals surface area (Å²) in [6, 6.07) is 0. The number of aldehydes is 1. The van der Waals surface area contributed by atoms with E-state index in [4.69, 9.17) is 9.16 Å². The average molecular weight is 429 g/mol. The molecule has 0 radical (unpaired) electrons. The van der Waals surface area contributed by atoms with Gasteiger partial charge in [0.05, 0.1) is 6.10 Å². The van der Waals surface area contributed by atoms with Crippen LogP contribution in [0.2, 0.25) is 18.1 Å². The first-order valence-electron chi connectivity index (χ1n) is 11.3. The van der Waals surface area contributed by atoms with Crippen molar-refractivity contribution in [1.82, 2.24) is 0 Å². The van der Waals surface area contributed by atoms with E-state index in [-0.39, 0.29) is 28.3 Å². The number of ether oxygens (including phenoxy) is 1. The lowest BCUT2D eigenvalue weighted by atomic mass is 9.61. The van der Waals surface area contributed by atoms with Crippen molar-refractivity contribution in [2.75, 3.05) is 0 Å². The molecule has 5 heteroatoms. The second kappa shape index (κ2) is 6.85. The van der Waals surface area contributed by atoms with E-state index in [9.17, 15) is 9.59 Å². The van der Waals surface area contributed by atoms with Crippen molar-refractivity contribution < 1.29 is 18.8 Å². The summed E-state index contributed by atoms with van der Waals surface area (Å²) in [6.45, 7) is 13.8. The standard InChI is InChI=1S/C25H36O4Si/c1-22(2,3)30(5,6)28-21-8-7-20-23(21,4)12-9-18(17-26)25(20)16-15-24(29-25)13-10-19(27)11-14-24/h9-11,13-14,17,20-21H,7-8,12,15-16H2,1-6H3/t20-,21+,23+,25-/m1/s1. The Hall–Kier alpha value is -1.30. The molecule has 30 heavy (non-hydrogen) atoms. The molecule has 0 unspecified atom stereocenters. The van der Waals surface area contributed by atoms with Crippen molar-refractivity contribution in [1.29, 1.82) is 0 Å². The predicted molar refractivity (Wildman–Crippen MR) is 121 cm³/mol. The van der Waals surface area contributed by atoms with Crippen LogP contribution in [0.15, 0.2) is 36.0 Å². The topological polar surface area (TPSA) is 52.6 Å².